The van der Waals surface area contributed by atoms with Gasteiger partial charge in [-0.05, 0) is 31.0 Å². The second-order valence-electron chi connectivity index (χ2n) is 7.01. The monoisotopic (exact) mass is 522 g/mol. The van der Waals surface area contributed by atoms with E-state index in [4.69, 9.17) is 16.3 Å². The summed E-state index contributed by atoms with van der Waals surface area (Å²) in [5, 5.41) is 7.40. The fourth-order valence-corrected chi connectivity index (χ4v) is 3.21. The Morgan fingerprint density at radius 2 is 2.21 bits per heavy atom. The number of benzene rings is 1. The fourth-order valence-electron chi connectivity index (χ4n) is 3.00. The second-order valence-corrected chi connectivity index (χ2v) is 7.45. The standard InChI is InChI=1S/C20H31ClN4O2.HI/c1-4-22-20(24-18-8-10-25(13-18)19(26)15(2)3)23-9-11-27-14-16-6-5-7-17(21)12-16;/h5-7,12,15,18H,4,8-11,13-14H2,1-3H3,(H2,22,23,24);1H. The van der Waals surface area contributed by atoms with Crippen LogP contribution in [-0.4, -0.2) is 55.6 Å². The van der Waals surface area contributed by atoms with Crippen LogP contribution in [0.5, 0.6) is 0 Å². The van der Waals surface area contributed by atoms with E-state index < -0.39 is 0 Å². The summed E-state index contributed by atoms with van der Waals surface area (Å²) >= 11 is 5.97. The molecule has 1 aliphatic heterocycles. The maximum absolute atomic E-state index is 12.1. The van der Waals surface area contributed by atoms with E-state index >= 15 is 0 Å². The van der Waals surface area contributed by atoms with Crippen LogP contribution in [0.2, 0.25) is 5.02 Å². The molecule has 1 atom stereocenters. The van der Waals surface area contributed by atoms with Gasteiger partial charge in [-0.1, -0.05) is 37.6 Å². The maximum Gasteiger partial charge on any atom is 0.225 e. The summed E-state index contributed by atoms with van der Waals surface area (Å²) in [5.41, 5.74) is 1.05. The van der Waals surface area contributed by atoms with Gasteiger partial charge >= 0.3 is 0 Å². The minimum absolute atomic E-state index is 0. The lowest BCUT2D eigenvalue weighted by atomic mass is 10.2. The summed E-state index contributed by atoms with van der Waals surface area (Å²) in [6.07, 6.45) is 0.939. The molecule has 1 aromatic carbocycles. The Morgan fingerprint density at radius 3 is 2.89 bits per heavy atom. The van der Waals surface area contributed by atoms with Crippen molar-refractivity contribution in [3.8, 4) is 0 Å². The highest BCUT2D eigenvalue weighted by molar-refractivity contribution is 14.0. The Balaban J connectivity index is 0.00000392. The summed E-state index contributed by atoms with van der Waals surface area (Å²) in [4.78, 5) is 18.6. The molecule has 1 unspecified atom stereocenters. The van der Waals surface area contributed by atoms with E-state index in [1.54, 1.807) is 0 Å². The quantitative estimate of drug-likeness (QED) is 0.238. The van der Waals surface area contributed by atoms with Gasteiger partial charge in [-0.3, -0.25) is 9.79 Å². The van der Waals surface area contributed by atoms with Crippen LogP contribution >= 0.6 is 35.6 Å². The molecule has 0 aliphatic carbocycles. The molecule has 1 aliphatic rings. The zero-order valence-electron chi connectivity index (χ0n) is 16.9. The highest BCUT2D eigenvalue weighted by atomic mass is 127. The highest BCUT2D eigenvalue weighted by Crippen LogP contribution is 2.13. The lowest BCUT2D eigenvalue weighted by molar-refractivity contribution is -0.133. The van der Waals surface area contributed by atoms with Crippen molar-refractivity contribution in [2.75, 3.05) is 32.8 Å². The van der Waals surface area contributed by atoms with Crippen LogP contribution in [0.1, 0.15) is 32.8 Å². The van der Waals surface area contributed by atoms with Crippen molar-refractivity contribution in [2.45, 2.75) is 39.8 Å². The van der Waals surface area contributed by atoms with Crippen molar-refractivity contribution in [2.24, 2.45) is 10.9 Å². The molecule has 158 valence electrons. The molecule has 0 radical (unpaired) electrons. The molecule has 1 heterocycles. The minimum atomic E-state index is 0. The third kappa shape index (κ3) is 8.53. The van der Waals surface area contributed by atoms with Crippen LogP contribution in [0.15, 0.2) is 29.3 Å². The van der Waals surface area contributed by atoms with Crippen molar-refractivity contribution in [1.82, 2.24) is 15.5 Å². The van der Waals surface area contributed by atoms with Gasteiger partial charge in [0.1, 0.15) is 0 Å². The van der Waals surface area contributed by atoms with Crippen LogP contribution in [0.4, 0.5) is 0 Å². The molecular formula is C20H32ClIN4O2. The van der Waals surface area contributed by atoms with E-state index in [1.807, 2.05) is 49.9 Å². The van der Waals surface area contributed by atoms with E-state index in [0.717, 1.165) is 37.6 Å². The van der Waals surface area contributed by atoms with Crippen molar-refractivity contribution in [1.29, 1.82) is 0 Å². The number of rotatable bonds is 8. The number of amides is 1. The normalized spacial score (nSPS) is 16.8. The number of aliphatic imine (C=N–C) groups is 1. The van der Waals surface area contributed by atoms with Crippen molar-refractivity contribution in [3.05, 3.63) is 34.9 Å². The van der Waals surface area contributed by atoms with E-state index in [1.165, 1.54) is 0 Å². The SMILES string of the molecule is CCNC(=NCCOCc1cccc(Cl)c1)NC1CCN(C(=O)C(C)C)C1.I. The average molecular weight is 523 g/mol. The first kappa shape index (κ1) is 25.0. The van der Waals surface area contributed by atoms with Gasteiger partial charge in [0.25, 0.3) is 0 Å². The van der Waals surface area contributed by atoms with Crippen LogP contribution in [0, 0.1) is 5.92 Å². The van der Waals surface area contributed by atoms with Gasteiger partial charge in [0.05, 0.1) is 19.8 Å². The molecule has 1 amide bonds. The number of carbonyl (C=O) groups is 1. The van der Waals surface area contributed by atoms with Gasteiger partial charge in [-0.2, -0.15) is 0 Å². The topological polar surface area (TPSA) is 66.0 Å². The zero-order chi connectivity index (χ0) is 19.6. The molecule has 6 nitrogen and oxygen atoms in total. The average Bonchev–Trinajstić information content (AvgIpc) is 3.09. The lowest BCUT2D eigenvalue weighted by Gasteiger charge is -2.20. The maximum atomic E-state index is 12.1. The van der Waals surface area contributed by atoms with Crippen LogP contribution < -0.4 is 10.6 Å². The second kappa shape index (κ2) is 13.2. The zero-order valence-corrected chi connectivity index (χ0v) is 20.0. The van der Waals surface area contributed by atoms with Crippen molar-refractivity contribution in [3.63, 3.8) is 0 Å². The summed E-state index contributed by atoms with van der Waals surface area (Å²) in [6, 6.07) is 7.90. The molecule has 1 aromatic rings. The molecule has 0 bridgehead atoms. The predicted octanol–water partition coefficient (Wildman–Crippen LogP) is 3.29. The number of nitrogens with one attached hydrogen (secondary N) is 2. The van der Waals surface area contributed by atoms with Gasteiger partial charge in [0.2, 0.25) is 5.91 Å². The van der Waals surface area contributed by atoms with E-state index in [9.17, 15) is 4.79 Å². The Bertz CT molecular complexity index is 642. The summed E-state index contributed by atoms with van der Waals surface area (Å²) in [5.74, 6) is 1.03. The first-order valence-electron chi connectivity index (χ1n) is 9.65. The summed E-state index contributed by atoms with van der Waals surface area (Å²) in [6.45, 7) is 9.87. The highest BCUT2D eigenvalue weighted by Gasteiger charge is 2.27. The molecule has 0 saturated carbocycles. The number of guanidine groups is 1. The Kier molecular flexibility index (Phi) is 11.8. The van der Waals surface area contributed by atoms with E-state index in [2.05, 4.69) is 15.6 Å². The van der Waals surface area contributed by atoms with Gasteiger partial charge in [-0.15, -0.1) is 24.0 Å². The van der Waals surface area contributed by atoms with Gasteiger partial charge < -0.3 is 20.3 Å². The molecule has 1 fully saturated rings. The van der Waals surface area contributed by atoms with Gasteiger partial charge in [0.15, 0.2) is 5.96 Å². The van der Waals surface area contributed by atoms with Crippen molar-refractivity contribution >= 4 is 47.4 Å². The smallest absolute Gasteiger partial charge is 0.225 e. The number of nitrogens with zero attached hydrogens (tertiary/aromatic N) is 2. The minimum Gasteiger partial charge on any atom is -0.375 e. The summed E-state index contributed by atoms with van der Waals surface area (Å²) in [7, 11) is 0. The van der Waals surface area contributed by atoms with Crippen LogP contribution in [-0.2, 0) is 16.1 Å². The third-order valence-corrected chi connectivity index (χ3v) is 4.58. The number of likely N-dealkylation sites (tertiary alicyclic amines) is 1. The molecule has 2 N–H and O–H groups in total. The number of carbonyl (C=O) groups excluding carboxylic acids is 1. The number of halogens is 2. The Morgan fingerprint density at radius 1 is 1.43 bits per heavy atom. The van der Waals surface area contributed by atoms with E-state index in [0.29, 0.717) is 24.8 Å². The largest absolute Gasteiger partial charge is 0.375 e. The molecule has 0 spiro atoms. The number of hydrogen-bond donors (Lipinski definition) is 2. The van der Waals surface area contributed by atoms with E-state index in [-0.39, 0.29) is 41.8 Å². The Hall–Kier alpha value is -1.06. The predicted molar refractivity (Wildman–Crippen MR) is 125 cm³/mol. The third-order valence-electron chi connectivity index (χ3n) is 4.34. The molecule has 0 aromatic heterocycles. The first-order valence-corrected chi connectivity index (χ1v) is 10.0. The lowest BCUT2D eigenvalue weighted by Crippen LogP contribution is -2.45. The molecular weight excluding hydrogens is 491 g/mol. The number of ether oxygens (including phenoxy) is 1. The number of hydrogen-bond acceptors (Lipinski definition) is 3. The molecule has 28 heavy (non-hydrogen) atoms. The van der Waals surface area contributed by atoms with Crippen molar-refractivity contribution < 1.29 is 9.53 Å². The van der Waals surface area contributed by atoms with Gasteiger partial charge in [-0.25, -0.2) is 0 Å². The van der Waals surface area contributed by atoms with Crippen LogP contribution in [0.25, 0.3) is 0 Å². The molecule has 8 heteroatoms. The summed E-state index contributed by atoms with van der Waals surface area (Å²) < 4.78 is 5.67. The fraction of sp³-hybridized carbons (Fsp3) is 0.600. The first-order chi connectivity index (χ1) is 13.0. The van der Waals surface area contributed by atoms with Gasteiger partial charge in [0, 0.05) is 36.6 Å². The van der Waals surface area contributed by atoms with Crippen LogP contribution in [0.3, 0.4) is 0 Å². The Labute approximate surface area is 190 Å². The molecule has 1 saturated heterocycles. The molecule has 2 rings (SSSR count).